The van der Waals surface area contributed by atoms with Crippen LogP contribution >= 0.6 is 27.3 Å². The maximum atomic E-state index is 9.92. The highest BCUT2D eigenvalue weighted by Gasteiger charge is 2.08. The van der Waals surface area contributed by atoms with Crippen LogP contribution in [0.1, 0.15) is 63.5 Å². The Balaban J connectivity index is 2.09. The van der Waals surface area contributed by atoms with Gasteiger partial charge in [0.2, 0.25) is 0 Å². The van der Waals surface area contributed by atoms with Crippen LogP contribution in [-0.4, -0.2) is 5.11 Å². The fourth-order valence-corrected chi connectivity index (χ4v) is 3.01. The largest absolute Gasteiger partial charge is 0.388 e. The van der Waals surface area contributed by atoms with Crippen LogP contribution in [0, 0.1) is 0 Å². The maximum Gasteiger partial charge on any atom is 0.0798 e. The second-order valence-corrected chi connectivity index (χ2v) is 6.55. The number of aliphatic hydroxyl groups excluding tert-OH is 1. The smallest absolute Gasteiger partial charge is 0.0798 e. The molecule has 92 valence electrons. The zero-order valence-corrected chi connectivity index (χ0v) is 12.3. The molecule has 0 aromatic carbocycles. The van der Waals surface area contributed by atoms with Crippen molar-refractivity contribution in [1.29, 1.82) is 0 Å². The lowest BCUT2D eigenvalue weighted by Gasteiger charge is -2.08. The monoisotopic (exact) mass is 304 g/mol. The second-order valence-electron chi connectivity index (χ2n) is 4.26. The highest BCUT2D eigenvalue weighted by molar-refractivity contribution is 9.11. The van der Waals surface area contributed by atoms with Gasteiger partial charge in [0.05, 0.1) is 9.89 Å². The van der Waals surface area contributed by atoms with E-state index in [0.29, 0.717) is 0 Å². The zero-order valence-electron chi connectivity index (χ0n) is 9.92. The number of thiophene rings is 1. The van der Waals surface area contributed by atoms with Crippen LogP contribution in [0.2, 0.25) is 0 Å². The Kier molecular flexibility index (Phi) is 7.33. The molecule has 1 rings (SSSR count). The van der Waals surface area contributed by atoms with Gasteiger partial charge in [-0.2, -0.15) is 0 Å². The van der Waals surface area contributed by atoms with Crippen LogP contribution in [0.15, 0.2) is 15.2 Å². The Labute approximate surface area is 111 Å². The number of rotatable bonds is 8. The molecule has 0 saturated carbocycles. The van der Waals surface area contributed by atoms with Gasteiger partial charge in [0.25, 0.3) is 0 Å². The fourth-order valence-electron chi connectivity index (χ4n) is 1.78. The van der Waals surface area contributed by atoms with E-state index < -0.39 is 0 Å². The summed E-state index contributed by atoms with van der Waals surface area (Å²) in [4.78, 5) is 0. The van der Waals surface area contributed by atoms with E-state index in [1.807, 2.05) is 11.4 Å². The number of hydrogen-bond donors (Lipinski definition) is 1. The Morgan fingerprint density at radius 1 is 1.25 bits per heavy atom. The van der Waals surface area contributed by atoms with E-state index >= 15 is 0 Å². The first-order chi connectivity index (χ1) is 7.74. The number of halogens is 1. The molecule has 0 aliphatic heterocycles. The van der Waals surface area contributed by atoms with Gasteiger partial charge in [0.15, 0.2) is 0 Å². The normalized spacial score (nSPS) is 12.9. The van der Waals surface area contributed by atoms with Gasteiger partial charge in [-0.3, -0.25) is 0 Å². The van der Waals surface area contributed by atoms with Crippen molar-refractivity contribution >= 4 is 27.3 Å². The summed E-state index contributed by atoms with van der Waals surface area (Å²) in [5.74, 6) is 0. The minimum Gasteiger partial charge on any atom is -0.388 e. The van der Waals surface area contributed by atoms with Crippen molar-refractivity contribution in [2.24, 2.45) is 0 Å². The van der Waals surface area contributed by atoms with E-state index in [0.717, 1.165) is 22.2 Å². The van der Waals surface area contributed by atoms with Crippen molar-refractivity contribution in [2.75, 3.05) is 0 Å². The minimum absolute atomic E-state index is 0.270. The van der Waals surface area contributed by atoms with Crippen molar-refractivity contribution in [3.8, 4) is 0 Å². The highest BCUT2D eigenvalue weighted by Crippen LogP contribution is 2.28. The topological polar surface area (TPSA) is 20.2 Å². The van der Waals surface area contributed by atoms with E-state index in [9.17, 15) is 5.11 Å². The van der Waals surface area contributed by atoms with E-state index in [1.165, 1.54) is 32.1 Å². The predicted molar refractivity (Wildman–Crippen MR) is 75.0 cm³/mol. The summed E-state index contributed by atoms with van der Waals surface area (Å²) in [6, 6.07) is 2.02. The van der Waals surface area contributed by atoms with Crippen LogP contribution in [-0.2, 0) is 0 Å². The molecule has 0 saturated heterocycles. The van der Waals surface area contributed by atoms with Crippen LogP contribution in [0.25, 0.3) is 0 Å². The van der Waals surface area contributed by atoms with Crippen LogP contribution < -0.4 is 0 Å². The molecule has 1 atom stereocenters. The molecule has 1 nitrogen and oxygen atoms in total. The maximum absolute atomic E-state index is 9.92. The van der Waals surface area contributed by atoms with Gasteiger partial charge in [-0.15, -0.1) is 11.3 Å². The van der Waals surface area contributed by atoms with E-state index in [2.05, 4.69) is 22.9 Å². The Morgan fingerprint density at radius 2 is 1.94 bits per heavy atom. The third-order valence-electron chi connectivity index (χ3n) is 2.80. The quantitative estimate of drug-likeness (QED) is 0.647. The summed E-state index contributed by atoms with van der Waals surface area (Å²) < 4.78 is 1.10. The van der Waals surface area contributed by atoms with E-state index in [4.69, 9.17) is 0 Å². The summed E-state index contributed by atoms with van der Waals surface area (Å²) in [5, 5.41) is 12.0. The summed E-state index contributed by atoms with van der Waals surface area (Å²) in [6.45, 7) is 2.23. The molecule has 0 amide bonds. The van der Waals surface area contributed by atoms with Crippen molar-refractivity contribution in [1.82, 2.24) is 0 Å². The lowest BCUT2D eigenvalue weighted by Crippen LogP contribution is -1.95. The molecule has 1 aromatic rings. The number of unbranched alkanes of at least 4 members (excludes halogenated alkanes) is 5. The lowest BCUT2D eigenvalue weighted by molar-refractivity contribution is 0.163. The van der Waals surface area contributed by atoms with Crippen LogP contribution in [0.3, 0.4) is 0 Å². The molecule has 0 aliphatic carbocycles. The standard InChI is InChI=1S/C13H21BrOS/c1-2-3-4-5-6-7-8-12(15)11-9-13(14)16-10-11/h9-10,12,15H,2-8H2,1H3. The average molecular weight is 305 g/mol. The third kappa shape index (κ3) is 5.46. The van der Waals surface area contributed by atoms with Gasteiger partial charge in [0.1, 0.15) is 0 Å². The number of aliphatic hydroxyl groups is 1. The Morgan fingerprint density at radius 3 is 2.56 bits per heavy atom. The molecule has 1 aromatic heterocycles. The molecule has 0 bridgehead atoms. The van der Waals surface area contributed by atoms with Gasteiger partial charge in [-0.05, 0) is 39.4 Å². The van der Waals surface area contributed by atoms with Gasteiger partial charge < -0.3 is 5.11 Å². The van der Waals surface area contributed by atoms with Crippen molar-refractivity contribution in [2.45, 2.75) is 58.0 Å². The number of hydrogen-bond acceptors (Lipinski definition) is 2. The molecule has 1 heterocycles. The van der Waals surface area contributed by atoms with Gasteiger partial charge in [-0.1, -0.05) is 45.4 Å². The van der Waals surface area contributed by atoms with Crippen LogP contribution in [0.4, 0.5) is 0 Å². The van der Waals surface area contributed by atoms with Gasteiger partial charge in [0, 0.05) is 0 Å². The summed E-state index contributed by atoms with van der Waals surface area (Å²) in [6.07, 6.45) is 8.32. The first-order valence-electron chi connectivity index (χ1n) is 6.16. The molecule has 0 fully saturated rings. The minimum atomic E-state index is -0.270. The molecule has 0 spiro atoms. The molecule has 1 unspecified atom stereocenters. The first kappa shape index (κ1) is 14.2. The molecule has 0 aliphatic rings. The van der Waals surface area contributed by atoms with E-state index in [1.54, 1.807) is 11.3 Å². The predicted octanol–water partition coefficient (Wildman–Crippen LogP) is 5.29. The molecular formula is C13H21BrOS. The Bertz CT molecular complexity index is 285. The molecule has 16 heavy (non-hydrogen) atoms. The highest BCUT2D eigenvalue weighted by atomic mass is 79.9. The van der Waals surface area contributed by atoms with Crippen molar-refractivity contribution < 1.29 is 5.11 Å². The molecule has 3 heteroatoms. The molecular weight excluding hydrogens is 284 g/mol. The SMILES string of the molecule is CCCCCCCCC(O)c1csc(Br)c1. The molecule has 1 N–H and O–H groups in total. The van der Waals surface area contributed by atoms with Crippen molar-refractivity contribution in [3.63, 3.8) is 0 Å². The Hall–Kier alpha value is 0.140. The first-order valence-corrected chi connectivity index (χ1v) is 7.83. The average Bonchev–Trinajstić information content (AvgIpc) is 2.70. The zero-order chi connectivity index (χ0) is 11.8. The van der Waals surface area contributed by atoms with Gasteiger partial charge >= 0.3 is 0 Å². The summed E-state index contributed by atoms with van der Waals surface area (Å²) >= 11 is 5.06. The third-order valence-corrected chi connectivity index (χ3v) is 4.33. The molecule has 0 radical (unpaired) electrons. The van der Waals surface area contributed by atoms with E-state index in [-0.39, 0.29) is 6.10 Å². The summed E-state index contributed by atoms with van der Waals surface area (Å²) in [5.41, 5.74) is 1.06. The van der Waals surface area contributed by atoms with Crippen LogP contribution in [0.5, 0.6) is 0 Å². The second kappa shape index (κ2) is 8.26. The van der Waals surface area contributed by atoms with Crippen molar-refractivity contribution in [3.05, 3.63) is 20.8 Å². The lowest BCUT2D eigenvalue weighted by atomic mass is 10.0. The fraction of sp³-hybridized carbons (Fsp3) is 0.692. The summed E-state index contributed by atoms with van der Waals surface area (Å²) in [7, 11) is 0. The van der Waals surface area contributed by atoms with Gasteiger partial charge in [-0.25, -0.2) is 0 Å².